The molecule has 0 radical (unpaired) electrons. The second-order valence-electron chi connectivity index (χ2n) is 12.2. The molecule has 4 heterocycles. The number of nitrogens with one attached hydrogen (secondary N) is 2. The summed E-state index contributed by atoms with van der Waals surface area (Å²) >= 11 is 0. The van der Waals surface area contributed by atoms with E-state index < -0.39 is 0 Å². The standard InChI is InChI=1S/C42H28N4O2/c1-2-11-26(12-3-1)40-44-41(28-21-20-25-10-4-5-13-27(25)22-28)46-42(45-40)33-23-43-24-36-38(33)32-17-8-16-30(39(32)48-36)29-15-9-19-35-37(29)31-14-6-7-18-34(31)47-35/h1-23,40,43H,24H2,(H,44,45,46). The van der Waals surface area contributed by atoms with Crippen molar-refractivity contribution in [3.8, 4) is 11.1 Å². The smallest absolute Gasteiger partial charge is 0.161 e. The van der Waals surface area contributed by atoms with Crippen molar-refractivity contribution in [2.45, 2.75) is 12.7 Å². The van der Waals surface area contributed by atoms with Gasteiger partial charge in [0.25, 0.3) is 0 Å². The summed E-state index contributed by atoms with van der Waals surface area (Å²) in [6, 6.07) is 45.9. The van der Waals surface area contributed by atoms with Crippen molar-refractivity contribution in [1.29, 1.82) is 0 Å². The fourth-order valence-electron chi connectivity index (χ4n) is 7.15. The first-order valence-electron chi connectivity index (χ1n) is 16.1. The van der Waals surface area contributed by atoms with Gasteiger partial charge in [-0.1, -0.05) is 115 Å². The largest absolute Gasteiger partial charge is 0.458 e. The number of hydrogen-bond acceptors (Lipinski definition) is 6. The summed E-state index contributed by atoms with van der Waals surface area (Å²) in [5, 5.41) is 12.6. The maximum absolute atomic E-state index is 6.75. The van der Waals surface area contributed by atoms with Crippen LogP contribution in [-0.2, 0) is 6.54 Å². The minimum atomic E-state index is -0.313. The van der Waals surface area contributed by atoms with E-state index in [0.29, 0.717) is 12.4 Å². The molecule has 0 saturated carbocycles. The highest BCUT2D eigenvalue weighted by atomic mass is 16.3. The molecule has 0 saturated heterocycles. The lowest BCUT2D eigenvalue weighted by molar-refractivity contribution is 0.532. The van der Waals surface area contributed by atoms with E-state index in [-0.39, 0.29) is 6.17 Å². The number of aliphatic imine (C=N–C) groups is 2. The van der Waals surface area contributed by atoms with Gasteiger partial charge >= 0.3 is 0 Å². The number of furan rings is 2. The molecule has 2 N–H and O–H groups in total. The van der Waals surface area contributed by atoms with E-state index in [4.69, 9.17) is 18.8 Å². The van der Waals surface area contributed by atoms with Crippen molar-refractivity contribution >= 4 is 60.9 Å². The van der Waals surface area contributed by atoms with Crippen LogP contribution in [0.25, 0.3) is 60.4 Å². The van der Waals surface area contributed by atoms with E-state index in [1.165, 1.54) is 5.39 Å². The minimum absolute atomic E-state index is 0.313. The first-order valence-corrected chi connectivity index (χ1v) is 16.1. The number of benzene rings is 6. The van der Waals surface area contributed by atoms with Crippen LogP contribution in [-0.4, -0.2) is 11.7 Å². The Morgan fingerprint density at radius 3 is 2.35 bits per heavy atom. The first-order chi connectivity index (χ1) is 23.8. The highest BCUT2D eigenvalue weighted by Crippen LogP contribution is 2.43. The van der Waals surface area contributed by atoms with Gasteiger partial charge in [0.05, 0.1) is 6.54 Å². The molecule has 48 heavy (non-hydrogen) atoms. The van der Waals surface area contributed by atoms with Crippen molar-refractivity contribution in [2.75, 3.05) is 0 Å². The fourth-order valence-corrected chi connectivity index (χ4v) is 7.15. The molecule has 8 aromatic rings. The van der Waals surface area contributed by atoms with Crippen LogP contribution in [0.15, 0.2) is 158 Å². The Morgan fingerprint density at radius 2 is 1.42 bits per heavy atom. The number of nitrogens with zero attached hydrogens (tertiary/aromatic N) is 2. The Kier molecular flexibility index (Phi) is 5.90. The lowest BCUT2D eigenvalue weighted by atomic mass is 9.94. The normalized spacial score (nSPS) is 15.9. The maximum atomic E-state index is 6.75. The highest BCUT2D eigenvalue weighted by molar-refractivity contribution is 6.30. The molecular formula is C42H28N4O2. The predicted molar refractivity (Wildman–Crippen MR) is 194 cm³/mol. The number of amidine groups is 2. The van der Waals surface area contributed by atoms with Gasteiger partial charge in [-0.3, -0.25) is 0 Å². The fraction of sp³-hybridized carbons (Fsp3) is 0.0476. The van der Waals surface area contributed by atoms with Crippen molar-refractivity contribution < 1.29 is 8.83 Å². The molecule has 10 rings (SSSR count). The molecular weight excluding hydrogens is 592 g/mol. The molecule has 0 fully saturated rings. The minimum Gasteiger partial charge on any atom is -0.458 e. The number of fused-ring (bicyclic) bond motifs is 7. The molecule has 1 unspecified atom stereocenters. The van der Waals surface area contributed by atoms with Gasteiger partial charge < -0.3 is 19.5 Å². The first kappa shape index (κ1) is 26.8. The molecule has 2 aliphatic heterocycles. The topological polar surface area (TPSA) is 75.1 Å². The summed E-state index contributed by atoms with van der Waals surface area (Å²) in [6.07, 6.45) is 1.72. The van der Waals surface area contributed by atoms with Gasteiger partial charge in [-0.25, -0.2) is 9.98 Å². The van der Waals surface area contributed by atoms with E-state index in [9.17, 15) is 0 Å². The lowest BCUT2D eigenvalue weighted by Gasteiger charge is -2.25. The van der Waals surface area contributed by atoms with Crippen molar-refractivity contribution in [1.82, 2.24) is 10.6 Å². The lowest BCUT2D eigenvalue weighted by Crippen LogP contribution is -2.34. The molecule has 6 nitrogen and oxygen atoms in total. The van der Waals surface area contributed by atoms with Crippen LogP contribution in [0.2, 0.25) is 0 Å². The van der Waals surface area contributed by atoms with Crippen LogP contribution in [0.5, 0.6) is 0 Å². The summed E-state index contributed by atoms with van der Waals surface area (Å²) in [5.41, 5.74) is 8.65. The van der Waals surface area contributed by atoms with E-state index in [0.717, 1.165) is 83.3 Å². The van der Waals surface area contributed by atoms with Gasteiger partial charge in [0, 0.05) is 44.6 Å². The summed E-state index contributed by atoms with van der Waals surface area (Å²) in [6.45, 7) is 0.570. The SMILES string of the molecule is C1=C(C2=NC(c3ccccc3)NC(c3ccc4ccccc4c3)=N2)c2c(oc3c(-c4cccc5oc6ccccc6c45)cccc23)CN1. The predicted octanol–water partition coefficient (Wildman–Crippen LogP) is 9.74. The Morgan fingerprint density at radius 1 is 0.646 bits per heavy atom. The quantitative estimate of drug-likeness (QED) is 0.205. The third-order valence-electron chi connectivity index (χ3n) is 9.38. The van der Waals surface area contributed by atoms with Gasteiger partial charge in [-0.2, -0.15) is 0 Å². The van der Waals surface area contributed by atoms with Crippen LogP contribution in [0.3, 0.4) is 0 Å². The average molecular weight is 621 g/mol. The summed E-state index contributed by atoms with van der Waals surface area (Å²) in [5.74, 6) is 2.29. The molecule has 6 aromatic carbocycles. The number of rotatable bonds is 4. The van der Waals surface area contributed by atoms with Crippen molar-refractivity contribution in [2.24, 2.45) is 9.98 Å². The summed E-state index contributed by atoms with van der Waals surface area (Å²) in [7, 11) is 0. The zero-order valence-corrected chi connectivity index (χ0v) is 25.8. The van der Waals surface area contributed by atoms with Gasteiger partial charge in [-0.05, 0) is 40.1 Å². The van der Waals surface area contributed by atoms with Crippen LogP contribution in [0.4, 0.5) is 0 Å². The zero-order valence-electron chi connectivity index (χ0n) is 25.8. The second-order valence-corrected chi connectivity index (χ2v) is 12.2. The molecule has 0 bridgehead atoms. The molecule has 0 aliphatic carbocycles. The van der Waals surface area contributed by atoms with E-state index in [1.54, 1.807) is 0 Å². The second kappa shape index (κ2) is 10.6. The molecule has 6 heteroatoms. The molecule has 2 aliphatic rings. The molecule has 1 atom stereocenters. The average Bonchev–Trinajstić information content (AvgIpc) is 3.74. The van der Waals surface area contributed by atoms with Crippen LogP contribution < -0.4 is 10.6 Å². The van der Waals surface area contributed by atoms with E-state index >= 15 is 0 Å². The maximum Gasteiger partial charge on any atom is 0.161 e. The van der Waals surface area contributed by atoms with Crippen LogP contribution in [0, 0.1) is 0 Å². The summed E-state index contributed by atoms with van der Waals surface area (Å²) in [4.78, 5) is 10.4. The molecule has 2 aromatic heterocycles. The van der Waals surface area contributed by atoms with Gasteiger partial charge in [0.1, 0.15) is 34.5 Å². The molecule has 0 amide bonds. The Hall–Kier alpha value is -6.40. The number of hydrogen-bond donors (Lipinski definition) is 2. The molecule has 228 valence electrons. The van der Waals surface area contributed by atoms with Gasteiger partial charge in [0.2, 0.25) is 0 Å². The summed E-state index contributed by atoms with van der Waals surface area (Å²) < 4.78 is 13.0. The Bertz CT molecular complexity index is 2660. The van der Waals surface area contributed by atoms with Crippen LogP contribution in [0.1, 0.15) is 28.6 Å². The Balaban J connectivity index is 1.15. The van der Waals surface area contributed by atoms with Crippen molar-refractivity contribution in [3.63, 3.8) is 0 Å². The third kappa shape index (κ3) is 4.19. The van der Waals surface area contributed by atoms with E-state index in [1.807, 2.05) is 48.7 Å². The van der Waals surface area contributed by atoms with Gasteiger partial charge in [0.15, 0.2) is 5.84 Å². The Labute approximate surface area is 275 Å². The van der Waals surface area contributed by atoms with Crippen molar-refractivity contribution in [3.05, 3.63) is 162 Å². The number of para-hydroxylation sites is 2. The molecule has 0 spiro atoms. The van der Waals surface area contributed by atoms with Crippen LogP contribution >= 0.6 is 0 Å². The highest BCUT2D eigenvalue weighted by Gasteiger charge is 2.29. The monoisotopic (exact) mass is 620 g/mol. The third-order valence-corrected chi connectivity index (χ3v) is 9.38. The van der Waals surface area contributed by atoms with E-state index in [2.05, 4.69) is 102 Å². The van der Waals surface area contributed by atoms with Gasteiger partial charge in [-0.15, -0.1) is 0 Å². The zero-order chi connectivity index (χ0) is 31.6.